The highest BCUT2D eigenvalue weighted by molar-refractivity contribution is 6.11. The molecule has 1 saturated heterocycles. The van der Waals surface area contributed by atoms with E-state index in [9.17, 15) is 9.59 Å². The number of pyridine rings is 1. The Balaban J connectivity index is 1.68. The third kappa shape index (κ3) is 3.38. The van der Waals surface area contributed by atoms with Crippen LogP contribution in [0.5, 0.6) is 11.6 Å². The molecular formula is C20H22N4O3. The number of ether oxygens (including phenoxy) is 1. The fraction of sp³-hybridized carbons (Fsp3) is 0.350. The van der Waals surface area contributed by atoms with Crippen molar-refractivity contribution >= 4 is 17.5 Å². The summed E-state index contributed by atoms with van der Waals surface area (Å²) in [5, 5.41) is 0. The molecule has 0 N–H and O–H groups in total. The summed E-state index contributed by atoms with van der Waals surface area (Å²) in [7, 11) is 2.04. The Kier molecular flexibility index (Phi) is 4.53. The Bertz CT molecular complexity index is 891. The second-order valence-electron chi connectivity index (χ2n) is 7.00. The average molecular weight is 366 g/mol. The van der Waals surface area contributed by atoms with Gasteiger partial charge in [-0.25, -0.2) is 4.98 Å². The number of amides is 2. The van der Waals surface area contributed by atoms with Gasteiger partial charge in [-0.15, -0.1) is 0 Å². The van der Waals surface area contributed by atoms with Gasteiger partial charge in [0.1, 0.15) is 12.1 Å². The van der Waals surface area contributed by atoms with Gasteiger partial charge in [0, 0.05) is 32.4 Å². The van der Waals surface area contributed by atoms with Crippen LogP contribution in [0.1, 0.15) is 15.9 Å². The van der Waals surface area contributed by atoms with Gasteiger partial charge >= 0.3 is 0 Å². The fourth-order valence-corrected chi connectivity index (χ4v) is 3.37. The zero-order valence-corrected chi connectivity index (χ0v) is 15.5. The lowest BCUT2D eigenvalue weighted by atomic mass is 10.1. The Labute approximate surface area is 158 Å². The van der Waals surface area contributed by atoms with E-state index in [0.717, 1.165) is 18.7 Å². The number of hydrogen-bond acceptors (Lipinski definition) is 5. The molecule has 1 fully saturated rings. The third-order valence-electron chi connectivity index (χ3n) is 5.01. The molecule has 2 aliphatic rings. The molecule has 3 heterocycles. The van der Waals surface area contributed by atoms with Gasteiger partial charge in [-0.05, 0) is 43.8 Å². The van der Waals surface area contributed by atoms with E-state index in [-0.39, 0.29) is 24.2 Å². The number of nitrogens with zero attached hydrogens (tertiary/aromatic N) is 4. The highest BCUT2D eigenvalue weighted by Crippen LogP contribution is 2.38. The van der Waals surface area contributed by atoms with Crippen molar-refractivity contribution in [1.82, 2.24) is 14.8 Å². The Morgan fingerprint density at radius 1 is 1.19 bits per heavy atom. The van der Waals surface area contributed by atoms with Crippen LogP contribution in [0.15, 0.2) is 36.5 Å². The molecule has 0 aliphatic carbocycles. The Hall–Kier alpha value is -2.93. The molecule has 0 atom stereocenters. The highest BCUT2D eigenvalue weighted by Gasteiger charge is 2.32. The average Bonchev–Trinajstić information content (AvgIpc) is 2.78. The molecule has 0 spiro atoms. The number of hydrogen-bond donors (Lipinski definition) is 0. The summed E-state index contributed by atoms with van der Waals surface area (Å²) in [5.41, 5.74) is 1.94. The van der Waals surface area contributed by atoms with E-state index in [2.05, 4.69) is 9.88 Å². The first-order valence-electron chi connectivity index (χ1n) is 9.04. The third-order valence-corrected chi connectivity index (χ3v) is 5.01. The maximum absolute atomic E-state index is 13.2. The lowest BCUT2D eigenvalue weighted by Gasteiger charge is -2.34. The number of anilines is 1. The summed E-state index contributed by atoms with van der Waals surface area (Å²) in [6.45, 7) is 4.95. The lowest BCUT2D eigenvalue weighted by Crippen LogP contribution is -2.50. The first-order chi connectivity index (χ1) is 13.0. The number of benzene rings is 1. The minimum atomic E-state index is -0.273. The molecule has 7 heteroatoms. The van der Waals surface area contributed by atoms with Gasteiger partial charge in [0.2, 0.25) is 11.8 Å². The van der Waals surface area contributed by atoms with Gasteiger partial charge in [-0.2, -0.15) is 0 Å². The largest absolute Gasteiger partial charge is 0.436 e. The molecule has 4 rings (SSSR count). The van der Waals surface area contributed by atoms with Crippen molar-refractivity contribution in [2.75, 3.05) is 44.7 Å². The molecule has 1 aromatic carbocycles. The summed E-state index contributed by atoms with van der Waals surface area (Å²) in [5.74, 6) is 0.459. The van der Waals surface area contributed by atoms with Gasteiger partial charge in [0.25, 0.3) is 5.91 Å². The molecule has 0 radical (unpaired) electrons. The summed E-state index contributed by atoms with van der Waals surface area (Å²) < 4.78 is 5.89. The van der Waals surface area contributed by atoms with Gasteiger partial charge in [0.15, 0.2) is 5.75 Å². The maximum Gasteiger partial charge on any atom is 0.264 e. The predicted molar refractivity (Wildman–Crippen MR) is 101 cm³/mol. The van der Waals surface area contributed by atoms with Crippen LogP contribution in [0.2, 0.25) is 0 Å². The predicted octanol–water partition coefficient (Wildman–Crippen LogP) is 1.92. The zero-order chi connectivity index (χ0) is 19.0. The van der Waals surface area contributed by atoms with Crippen LogP contribution in [0.25, 0.3) is 0 Å². The Morgan fingerprint density at radius 3 is 2.74 bits per heavy atom. The van der Waals surface area contributed by atoms with E-state index in [0.29, 0.717) is 30.1 Å². The monoisotopic (exact) mass is 366 g/mol. The molecule has 0 bridgehead atoms. The van der Waals surface area contributed by atoms with Crippen LogP contribution >= 0.6 is 0 Å². The molecular weight excluding hydrogens is 344 g/mol. The second kappa shape index (κ2) is 7.00. The smallest absolute Gasteiger partial charge is 0.264 e. The first kappa shape index (κ1) is 17.5. The molecule has 0 unspecified atom stereocenters. The van der Waals surface area contributed by atoms with E-state index in [1.54, 1.807) is 18.3 Å². The summed E-state index contributed by atoms with van der Waals surface area (Å²) in [4.78, 5) is 35.8. The number of aryl methyl sites for hydroxylation is 1. The fourth-order valence-electron chi connectivity index (χ4n) is 3.37. The number of fused-ring (bicyclic) bond motifs is 2. The maximum atomic E-state index is 13.2. The zero-order valence-electron chi connectivity index (χ0n) is 15.5. The van der Waals surface area contributed by atoms with Crippen molar-refractivity contribution in [3.8, 4) is 11.6 Å². The van der Waals surface area contributed by atoms with E-state index in [1.807, 2.05) is 37.1 Å². The topological polar surface area (TPSA) is 66.0 Å². The van der Waals surface area contributed by atoms with Crippen molar-refractivity contribution < 1.29 is 14.3 Å². The summed E-state index contributed by atoms with van der Waals surface area (Å²) in [6.07, 6.45) is 1.59. The number of likely N-dealkylation sites (N-methyl/N-ethyl adjacent to an activating group) is 1. The number of carbonyl (C=O) groups is 2. The first-order valence-corrected chi connectivity index (χ1v) is 9.04. The van der Waals surface area contributed by atoms with Gasteiger partial charge < -0.3 is 14.5 Å². The van der Waals surface area contributed by atoms with E-state index in [1.165, 1.54) is 4.90 Å². The van der Waals surface area contributed by atoms with Gasteiger partial charge in [0.05, 0.1) is 5.69 Å². The molecule has 1 aromatic heterocycles. The quantitative estimate of drug-likeness (QED) is 0.812. The minimum absolute atomic E-state index is 0.0172. The lowest BCUT2D eigenvalue weighted by molar-refractivity contribution is -0.131. The van der Waals surface area contributed by atoms with Crippen LogP contribution in [-0.2, 0) is 4.79 Å². The van der Waals surface area contributed by atoms with Crippen molar-refractivity contribution in [3.05, 3.63) is 47.7 Å². The number of piperazine rings is 1. The van der Waals surface area contributed by atoms with Gasteiger partial charge in [-0.1, -0.05) is 6.07 Å². The minimum Gasteiger partial charge on any atom is -0.436 e. The van der Waals surface area contributed by atoms with Crippen molar-refractivity contribution in [2.24, 2.45) is 0 Å². The molecule has 2 aliphatic heterocycles. The Morgan fingerprint density at radius 2 is 1.96 bits per heavy atom. The number of aromatic nitrogens is 1. The molecule has 7 nitrogen and oxygen atoms in total. The normalized spacial score (nSPS) is 17.0. The van der Waals surface area contributed by atoms with Crippen LogP contribution in [-0.4, -0.2) is 66.4 Å². The van der Waals surface area contributed by atoms with Crippen molar-refractivity contribution in [1.29, 1.82) is 0 Å². The molecule has 27 heavy (non-hydrogen) atoms. The standard InChI is InChI=1S/C20H22N4O3/c1-14-5-6-17-16(12-14)24(13-18(25)23-10-8-22(2)9-11-23)20(26)15-4-3-7-21-19(15)27-17/h3-7,12H,8-11,13H2,1-2H3. The number of rotatable bonds is 2. The molecule has 2 aromatic rings. The van der Waals surface area contributed by atoms with Gasteiger partial charge in [-0.3, -0.25) is 14.5 Å². The van der Waals surface area contributed by atoms with Crippen LogP contribution < -0.4 is 9.64 Å². The summed E-state index contributed by atoms with van der Waals surface area (Å²) >= 11 is 0. The number of carbonyl (C=O) groups excluding carboxylic acids is 2. The SMILES string of the molecule is Cc1ccc2c(c1)N(CC(=O)N1CCN(C)CC1)C(=O)c1cccnc1O2. The molecule has 2 amide bonds. The van der Waals surface area contributed by atoms with Crippen LogP contribution in [0, 0.1) is 6.92 Å². The summed E-state index contributed by atoms with van der Waals surface area (Å²) in [6, 6.07) is 8.97. The van der Waals surface area contributed by atoms with E-state index >= 15 is 0 Å². The van der Waals surface area contributed by atoms with Crippen LogP contribution in [0.4, 0.5) is 5.69 Å². The molecule has 0 saturated carbocycles. The van der Waals surface area contributed by atoms with E-state index in [4.69, 9.17) is 4.74 Å². The van der Waals surface area contributed by atoms with Crippen LogP contribution in [0.3, 0.4) is 0 Å². The van der Waals surface area contributed by atoms with Crippen molar-refractivity contribution in [3.63, 3.8) is 0 Å². The second-order valence-corrected chi connectivity index (χ2v) is 7.00. The molecule has 140 valence electrons. The van der Waals surface area contributed by atoms with Crippen molar-refractivity contribution in [2.45, 2.75) is 6.92 Å². The highest BCUT2D eigenvalue weighted by atomic mass is 16.5. The van der Waals surface area contributed by atoms with E-state index < -0.39 is 0 Å².